The predicted octanol–water partition coefficient (Wildman–Crippen LogP) is -7.41. The molecule has 0 aromatic heterocycles. The topological polar surface area (TPSA) is 332 Å². The zero-order valence-electron chi connectivity index (χ0n) is 22.2. The number of aliphatic hydroxyl groups excluding tert-OH is 8. The highest BCUT2D eigenvalue weighted by molar-refractivity contribution is 14.1. The first-order valence-electron chi connectivity index (χ1n) is 13.1. The van der Waals surface area contributed by atoms with Crippen molar-refractivity contribution in [2.45, 2.75) is 102 Å². The number of hydrogen-bond donors (Lipinski definition) is 13. The number of hydrogen-bond acceptors (Lipinski definition) is 17. The van der Waals surface area contributed by atoms with Gasteiger partial charge in [-0.05, 0) is 42.0 Å². The van der Waals surface area contributed by atoms with E-state index in [0.29, 0.717) is 0 Å². The number of nitrogens with one attached hydrogen (secondary N) is 1. The largest absolute Gasteiger partial charge is 0.394 e. The van der Waals surface area contributed by atoms with Crippen molar-refractivity contribution >= 4 is 28.5 Å². The Hall–Kier alpha value is -0.440. The van der Waals surface area contributed by atoms with Gasteiger partial charge in [-0.2, -0.15) is 0 Å². The summed E-state index contributed by atoms with van der Waals surface area (Å²) in [5.41, 5.74) is 23.1. The van der Waals surface area contributed by atoms with E-state index >= 15 is 0 Å². The van der Waals surface area contributed by atoms with Crippen LogP contribution in [0.5, 0.6) is 0 Å². The third-order valence-corrected chi connectivity index (χ3v) is 7.84. The molecule has 0 spiro atoms. The first-order chi connectivity index (χ1) is 19.3. The first-order valence-corrected chi connectivity index (χ1v) is 14.3. The fourth-order valence-corrected chi connectivity index (χ4v) is 5.05. The molecule has 1 saturated heterocycles. The Labute approximate surface area is 250 Å². The Balaban J connectivity index is 2.21. The lowest BCUT2D eigenvalue weighted by Crippen LogP contribution is -2.68. The van der Waals surface area contributed by atoms with Crippen LogP contribution in [0, 0.1) is 0 Å². The smallest absolute Gasteiger partial charge is 0.249 e. The quantitative estimate of drug-likeness (QED) is 0.0426. The molecule has 0 radical (unpaired) electrons. The minimum absolute atomic E-state index is 0.0222. The standard InChI is InChI=1S/C22H44IN5O13/c23-20(36)16(34)14(32)10(4-25)38-6-39-18-7(26)3-8(28-21(37)9(30)1-2-24)19(17(18)35)41-22-15(33)12(27)13(31)11(5-29)40-22/h7-20,22,29-36H,1-6,24-27H2,(H,28,37)/t7?,8-,9+,10?,11-,12?,13?,14-,15-,16?,17?,18-,19?,20+,22?/m1/s1. The van der Waals surface area contributed by atoms with Gasteiger partial charge in [0.05, 0.1) is 18.7 Å². The number of aliphatic hydroxyl groups is 8. The summed E-state index contributed by atoms with van der Waals surface area (Å²) in [6, 6.07) is -3.28. The lowest BCUT2D eigenvalue weighted by atomic mass is 9.83. The Morgan fingerprint density at radius 1 is 1.02 bits per heavy atom. The van der Waals surface area contributed by atoms with E-state index in [9.17, 15) is 45.6 Å². The van der Waals surface area contributed by atoms with Gasteiger partial charge in [-0.1, -0.05) is 0 Å². The monoisotopic (exact) mass is 713 g/mol. The number of ether oxygens (including phenoxy) is 4. The van der Waals surface area contributed by atoms with Crippen molar-refractivity contribution in [3.63, 3.8) is 0 Å². The average Bonchev–Trinajstić information content (AvgIpc) is 2.93. The number of halogens is 1. The lowest BCUT2D eigenvalue weighted by Gasteiger charge is -2.47. The van der Waals surface area contributed by atoms with Gasteiger partial charge in [0.1, 0.15) is 71.9 Å². The number of carbonyl (C=O) groups excluding carboxylic acids is 1. The summed E-state index contributed by atoms with van der Waals surface area (Å²) in [6.45, 7) is -1.48. The highest BCUT2D eigenvalue weighted by atomic mass is 127. The molecule has 0 aromatic carbocycles. The molecule has 242 valence electrons. The van der Waals surface area contributed by atoms with Gasteiger partial charge in [0.25, 0.3) is 0 Å². The van der Waals surface area contributed by atoms with Crippen LogP contribution in [-0.4, -0.2) is 163 Å². The summed E-state index contributed by atoms with van der Waals surface area (Å²) in [7, 11) is 0. The van der Waals surface area contributed by atoms with E-state index in [-0.39, 0.29) is 25.9 Å². The third-order valence-electron chi connectivity index (χ3n) is 7.10. The van der Waals surface area contributed by atoms with Crippen molar-refractivity contribution in [3.8, 4) is 0 Å². The maximum atomic E-state index is 12.6. The van der Waals surface area contributed by atoms with Gasteiger partial charge in [0.2, 0.25) is 5.91 Å². The molecule has 1 aliphatic heterocycles. The lowest BCUT2D eigenvalue weighted by molar-refractivity contribution is -0.308. The molecule has 8 unspecified atom stereocenters. The summed E-state index contributed by atoms with van der Waals surface area (Å²) in [5.74, 6) is -0.822. The van der Waals surface area contributed by atoms with Gasteiger partial charge >= 0.3 is 0 Å². The van der Waals surface area contributed by atoms with Crippen molar-refractivity contribution in [3.05, 3.63) is 0 Å². The third kappa shape index (κ3) is 9.52. The van der Waals surface area contributed by atoms with Crippen molar-refractivity contribution in [2.75, 3.05) is 26.5 Å². The Kier molecular flexibility index (Phi) is 15.4. The van der Waals surface area contributed by atoms with Gasteiger partial charge in [-0.3, -0.25) is 4.79 Å². The van der Waals surface area contributed by atoms with Crippen LogP contribution in [0.2, 0.25) is 0 Å². The molecule has 1 saturated carbocycles. The van der Waals surface area contributed by atoms with E-state index in [1.165, 1.54) is 22.6 Å². The number of alkyl halides is 1. The van der Waals surface area contributed by atoms with Crippen molar-refractivity contribution < 1.29 is 64.6 Å². The van der Waals surface area contributed by atoms with Crippen molar-refractivity contribution in [2.24, 2.45) is 22.9 Å². The van der Waals surface area contributed by atoms with E-state index in [4.69, 9.17) is 41.9 Å². The second kappa shape index (κ2) is 17.2. The number of nitrogens with two attached hydrogens (primary N) is 4. The van der Waals surface area contributed by atoms with E-state index < -0.39 is 109 Å². The molecule has 2 aliphatic rings. The minimum atomic E-state index is -1.62. The van der Waals surface area contributed by atoms with Crippen LogP contribution in [0.25, 0.3) is 0 Å². The fourth-order valence-electron chi connectivity index (χ4n) is 4.62. The molecule has 2 fully saturated rings. The number of amides is 1. The molecule has 17 N–H and O–H groups in total. The molecule has 0 bridgehead atoms. The fraction of sp³-hybridized carbons (Fsp3) is 0.955. The van der Waals surface area contributed by atoms with E-state index in [1.807, 2.05) is 0 Å². The maximum Gasteiger partial charge on any atom is 0.249 e. The summed E-state index contributed by atoms with van der Waals surface area (Å²) in [5, 5.41) is 83.7. The van der Waals surface area contributed by atoms with Crippen molar-refractivity contribution in [1.29, 1.82) is 0 Å². The molecule has 15 atom stereocenters. The Morgan fingerprint density at radius 2 is 1.68 bits per heavy atom. The van der Waals surface area contributed by atoms with E-state index in [2.05, 4.69) is 5.32 Å². The van der Waals surface area contributed by atoms with Gasteiger partial charge in [0.15, 0.2) is 6.29 Å². The normalized spacial score (nSPS) is 38.1. The zero-order chi connectivity index (χ0) is 31.0. The first kappa shape index (κ1) is 36.8. The van der Waals surface area contributed by atoms with Gasteiger partial charge in [-0.15, -0.1) is 0 Å². The molecule has 18 nitrogen and oxygen atoms in total. The van der Waals surface area contributed by atoms with Crippen LogP contribution in [-0.2, 0) is 23.7 Å². The zero-order valence-corrected chi connectivity index (χ0v) is 24.4. The second-order valence-corrected chi connectivity index (χ2v) is 11.3. The molecule has 1 heterocycles. The molecular weight excluding hydrogens is 669 g/mol. The Bertz CT molecular complexity index is 792. The van der Waals surface area contributed by atoms with Crippen LogP contribution >= 0.6 is 22.6 Å². The van der Waals surface area contributed by atoms with Gasteiger partial charge < -0.3 is 88.1 Å². The van der Waals surface area contributed by atoms with E-state index in [1.54, 1.807) is 0 Å². The molecule has 19 heteroatoms. The SMILES string of the molecule is NCC[C@H](O)C(=O)N[C@@H]1CC(N)[C@@H](OCOC(CN)[C@@H](O)C(O)[C@H](O)I)C(O)C1OC1O[C@H](CO)C(O)C(N)[C@H]1O. The van der Waals surface area contributed by atoms with Crippen LogP contribution in [0.4, 0.5) is 0 Å². The maximum absolute atomic E-state index is 12.6. The van der Waals surface area contributed by atoms with Gasteiger partial charge in [-0.25, -0.2) is 0 Å². The van der Waals surface area contributed by atoms with Crippen LogP contribution in [0.3, 0.4) is 0 Å². The summed E-state index contributed by atoms with van der Waals surface area (Å²) in [6.07, 6.45) is -15.9. The van der Waals surface area contributed by atoms with Crippen LogP contribution in [0.15, 0.2) is 0 Å². The van der Waals surface area contributed by atoms with Crippen LogP contribution < -0.4 is 28.3 Å². The predicted molar refractivity (Wildman–Crippen MR) is 147 cm³/mol. The minimum Gasteiger partial charge on any atom is -0.394 e. The summed E-state index contributed by atoms with van der Waals surface area (Å²) in [4.78, 5) is 12.6. The second-order valence-electron chi connectivity index (χ2n) is 10.0. The molecule has 41 heavy (non-hydrogen) atoms. The molecular formula is C22H44IN5O13. The van der Waals surface area contributed by atoms with Crippen LogP contribution in [0.1, 0.15) is 12.8 Å². The highest BCUT2D eigenvalue weighted by Crippen LogP contribution is 2.29. The summed E-state index contributed by atoms with van der Waals surface area (Å²) < 4.78 is 21.0. The number of carbonyl (C=O) groups is 1. The Morgan fingerprint density at radius 3 is 2.24 bits per heavy atom. The highest BCUT2D eigenvalue weighted by Gasteiger charge is 2.50. The van der Waals surface area contributed by atoms with Crippen molar-refractivity contribution in [1.82, 2.24) is 5.32 Å². The average molecular weight is 714 g/mol. The van der Waals surface area contributed by atoms with E-state index in [0.717, 1.165) is 0 Å². The summed E-state index contributed by atoms with van der Waals surface area (Å²) >= 11 is 1.50. The number of rotatable bonds is 15. The molecule has 1 amide bonds. The van der Waals surface area contributed by atoms with Gasteiger partial charge in [0, 0.05) is 12.6 Å². The molecule has 1 aliphatic carbocycles. The molecule has 2 rings (SSSR count). The molecule has 0 aromatic rings.